The van der Waals surface area contributed by atoms with Gasteiger partial charge in [0.15, 0.2) is 10.9 Å². The van der Waals surface area contributed by atoms with Crippen LogP contribution in [0.4, 0.5) is 0 Å². The number of carbonyl (C=O) groups is 3. The zero-order valence-corrected chi connectivity index (χ0v) is 46.7. The Morgan fingerprint density at radius 1 is 0.784 bits per heavy atom. The van der Waals surface area contributed by atoms with Crippen molar-refractivity contribution in [2.24, 2.45) is 15.3 Å². The molecule has 2 aliphatic carbocycles. The summed E-state index contributed by atoms with van der Waals surface area (Å²) in [6, 6.07) is 15.5. The van der Waals surface area contributed by atoms with Crippen LogP contribution in [0.3, 0.4) is 0 Å². The summed E-state index contributed by atoms with van der Waals surface area (Å²) in [7, 11) is 7.44. The summed E-state index contributed by atoms with van der Waals surface area (Å²) in [5.41, 5.74) is 13.6. The smallest absolute Gasteiger partial charge is 0.245 e. The predicted octanol–water partition coefficient (Wildman–Crippen LogP) is 6.59. The van der Waals surface area contributed by atoms with Gasteiger partial charge in [0.25, 0.3) is 0 Å². The van der Waals surface area contributed by atoms with Crippen molar-refractivity contribution < 1.29 is 50.7 Å². The van der Waals surface area contributed by atoms with E-state index in [0.717, 1.165) is 116 Å². The van der Waals surface area contributed by atoms with Crippen LogP contribution < -0.4 is 5.73 Å². The molecule has 6 aromatic heterocycles. The molecule has 372 valence electrons. The first-order valence-corrected chi connectivity index (χ1v) is 24.8. The van der Waals surface area contributed by atoms with E-state index in [9.17, 15) is 14.4 Å². The first-order valence-electron chi connectivity index (χ1n) is 24.2. The van der Waals surface area contributed by atoms with E-state index in [2.05, 4.69) is 59.1 Å². The molecular formula is C51H50BN15O4S2U. The Morgan fingerprint density at radius 3 is 1.73 bits per heavy atom. The van der Waals surface area contributed by atoms with Gasteiger partial charge in [-0.15, -0.1) is 0 Å². The van der Waals surface area contributed by atoms with Crippen molar-refractivity contribution in [1.29, 1.82) is 1.34 Å². The van der Waals surface area contributed by atoms with E-state index >= 15 is 0 Å². The van der Waals surface area contributed by atoms with Crippen LogP contribution in [0.1, 0.15) is 104 Å². The van der Waals surface area contributed by atoms with Crippen molar-refractivity contribution in [2.45, 2.75) is 83.0 Å². The van der Waals surface area contributed by atoms with Crippen LogP contribution in [0.2, 0.25) is 0 Å². The van der Waals surface area contributed by atoms with E-state index in [0.29, 0.717) is 42.2 Å². The van der Waals surface area contributed by atoms with Crippen LogP contribution >= 0.6 is 24.2 Å². The number of nitrogens with zero attached hydrogens (tertiary/aromatic N) is 14. The number of oxime groups is 1. The number of pyridine rings is 2. The quantitative estimate of drug-likeness (QED) is 0.0341. The number of imidazole rings is 4. The zero-order chi connectivity index (χ0) is 51.9. The summed E-state index contributed by atoms with van der Waals surface area (Å²) >= 11 is 6.14. The minimum absolute atomic E-state index is 0. The van der Waals surface area contributed by atoms with Gasteiger partial charge in [0.05, 0.1) is 65.6 Å². The predicted molar refractivity (Wildman–Crippen MR) is 284 cm³/mol. The van der Waals surface area contributed by atoms with Gasteiger partial charge in [-0.2, -0.15) is 0 Å². The maximum atomic E-state index is 12.7. The average Bonchev–Trinajstić information content (AvgIpc) is 4.06. The Balaban J connectivity index is 0.000000146. The molecule has 5 aliphatic rings. The van der Waals surface area contributed by atoms with Gasteiger partial charge in [-0.25, -0.2) is 24.3 Å². The summed E-state index contributed by atoms with van der Waals surface area (Å²) in [5.74, 6) is 3.15. The molecule has 0 saturated heterocycles. The molecule has 2 radical (unpaired) electrons. The van der Waals surface area contributed by atoms with Crippen LogP contribution in [0.15, 0.2) is 108 Å². The second kappa shape index (κ2) is 21.2. The fourth-order valence-corrected chi connectivity index (χ4v) is 10.5. The van der Waals surface area contributed by atoms with E-state index in [1.54, 1.807) is 68.6 Å². The molecule has 2 aromatic carbocycles. The Hall–Kier alpha value is -6.79. The molecular weight excluding hydrogens is 1200 g/mol. The first-order chi connectivity index (χ1) is 35.9. The number of fused-ring (bicyclic) bond motifs is 4. The summed E-state index contributed by atoms with van der Waals surface area (Å²) in [6.07, 6.45) is 18.7. The van der Waals surface area contributed by atoms with Crippen LogP contribution in [-0.4, -0.2) is 121 Å². The van der Waals surface area contributed by atoms with Gasteiger partial charge in [0, 0.05) is 125 Å². The number of carbonyl (C=O) groups excluding carboxylic acids is 3. The minimum Gasteiger partial charge on any atom is -0.409 e. The second-order valence-corrected chi connectivity index (χ2v) is 19.8. The van der Waals surface area contributed by atoms with Crippen molar-refractivity contribution in [3.8, 4) is 22.5 Å². The fourth-order valence-electron chi connectivity index (χ4n) is 9.72. The Bertz CT molecular complexity index is 3520. The van der Waals surface area contributed by atoms with Crippen molar-refractivity contribution >= 4 is 87.7 Å². The van der Waals surface area contributed by atoms with Gasteiger partial charge in [-0.1, -0.05) is 41.6 Å². The molecule has 2 unspecified atom stereocenters. The number of amidine groups is 1. The number of rotatable bonds is 6. The molecule has 0 spiro atoms. The van der Waals surface area contributed by atoms with E-state index in [-0.39, 0.29) is 66.0 Å². The number of amides is 2. The molecule has 3 aliphatic heterocycles. The van der Waals surface area contributed by atoms with Crippen molar-refractivity contribution in [3.63, 3.8) is 0 Å². The molecule has 3 N–H and O–H groups in total. The Kier molecular flexibility index (Phi) is 14.5. The molecule has 2 saturated carbocycles. The zero-order valence-electron chi connectivity index (χ0n) is 41.9. The third-order valence-corrected chi connectivity index (χ3v) is 14.8. The Labute approximate surface area is 462 Å². The average molecular weight is 1250 g/mol. The van der Waals surface area contributed by atoms with E-state index in [1.165, 1.54) is 0 Å². The molecule has 74 heavy (non-hydrogen) atoms. The second-order valence-electron chi connectivity index (χ2n) is 18.6. The number of hydrogen-bond donors (Lipinski definition) is 2. The number of nitrogens with two attached hydrogens (primary N) is 1. The standard InChI is InChI=1S/C23H21N5O2S.C21H22N6O2.C7H6N4S.BH.U/c1-12-23(30)27(2)11-19-21(25-22(28(12)19)13-6-7-13)15-5-3-4-14-8-17(24-10-16(14)15)18-9-20(29)31-26-18;1-11-21(28)26(2)10-17-18(24-20(27(11)17)12-6-7-12)14-5-3-4-13-8-16(19(22)25-29)23-9-15(13)14;12-7(10-3-1-8-5-10)11-4-2-9-6-11;;/h3-5,8,10,12-13H,6-7,9,11H2,1-2H3;3-5,8-9,11-12,29H,6-7,10H2,1-2H3,(H2,22,25);1-6H;1H;/i;;;1D;. The fraction of sp³-hybridized carbons (Fsp3) is 0.294. The molecule has 2 amide bonds. The topological polar surface area (TPSA) is 226 Å². The largest absolute Gasteiger partial charge is 0.409 e. The number of aromatic nitrogens is 10. The van der Waals surface area contributed by atoms with Gasteiger partial charge < -0.3 is 29.9 Å². The van der Waals surface area contributed by atoms with Crippen molar-refractivity contribution in [3.05, 3.63) is 133 Å². The number of thiocarbonyl (C=S) groups is 1. The molecule has 9 heterocycles. The van der Waals surface area contributed by atoms with Gasteiger partial charge in [-0.3, -0.25) is 33.5 Å². The van der Waals surface area contributed by atoms with Crippen molar-refractivity contribution in [1.82, 2.24) is 58.0 Å². The molecule has 2 atom stereocenters. The van der Waals surface area contributed by atoms with Gasteiger partial charge in [0.1, 0.15) is 42.1 Å². The maximum absolute atomic E-state index is 12.7. The molecule has 2 fully saturated rings. The summed E-state index contributed by atoms with van der Waals surface area (Å²) in [5, 5.41) is 16.6. The number of benzene rings is 2. The summed E-state index contributed by atoms with van der Waals surface area (Å²) < 4.78 is 17.3. The van der Waals surface area contributed by atoms with Crippen LogP contribution in [0.25, 0.3) is 44.1 Å². The monoisotopic (exact) mass is 1250 g/mol. The number of hydrogen-bond acceptors (Lipinski definition) is 14. The summed E-state index contributed by atoms with van der Waals surface area (Å²) in [6.45, 7) is 5.00. The molecule has 23 heteroatoms. The SMILES string of the molecule is CC1C(=O)N(C)Cc2c(-c3cccc4cc(/C(N)=N/O)ncc34)nc(C3CC3)n21.CC1C(=O)N(C)Cc2c(-c3cccc4cc(C5=NSC(=O)C5)ncc34)nc(C3CC3)n21.S=C(n1ccnc1)n1ccnc1.[2H][B].[U]. The van der Waals surface area contributed by atoms with Crippen molar-refractivity contribution in [2.75, 3.05) is 14.1 Å². The molecule has 19 nitrogen and oxygen atoms in total. The summed E-state index contributed by atoms with van der Waals surface area (Å²) in [4.78, 5) is 67.3. The number of likely N-dealkylation sites (N-methyl/N-ethyl adjacent to an activating group) is 2. The van der Waals surface area contributed by atoms with E-state index in [4.69, 9.17) is 34.5 Å². The van der Waals surface area contributed by atoms with Gasteiger partial charge >= 0.3 is 0 Å². The minimum atomic E-state index is -0.249. The van der Waals surface area contributed by atoms with Crippen LogP contribution in [-0.2, 0) is 27.5 Å². The van der Waals surface area contributed by atoms with Gasteiger partial charge in [0.2, 0.25) is 16.9 Å². The van der Waals surface area contributed by atoms with E-state index < -0.39 is 0 Å². The van der Waals surface area contributed by atoms with Crippen LogP contribution in [0.5, 0.6) is 0 Å². The third-order valence-electron chi connectivity index (χ3n) is 13.7. The van der Waals surface area contributed by atoms with Gasteiger partial charge in [-0.05, 0) is 76.0 Å². The first kappa shape index (κ1) is 50.7. The normalized spacial score (nSPS) is 18.2. The maximum Gasteiger partial charge on any atom is 0.245 e. The van der Waals surface area contributed by atoms with E-state index in [1.807, 2.05) is 64.5 Å². The molecule has 8 aromatic rings. The third kappa shape index (κ3) is 9.73. The molecule has 13 rings (SSSR count). The molecule has 0 bridgehead atoms. The van der Waals surface area contributed by atoms with Crippen LogP contribution in [0, 0.1) is 31.1 Å². The Morgan fingerprint density at radius 2 is 1.28 bits per heavy atom.